The average Bonchev–Trinajstić information content (AvgIpc) is 3.31. The summed E-state index contributed by atoms with van der Waals surface area (Å²) in [4.78, 5) is 22.5. The van der Waals surface area contributed by atoms with Crippen LogP contribution >= 0.6 is 22.7 Å². The summed E-state index contributed by atoms with van der Waals surface area (Å²) >= 11 is 3.31. The van der Waals surface area contributed by atoms with Crippen LogP contribution in [0.3, 0.4) is 0 Å². The van der Waals surface area contributed by atoms with Gasteiger partial charge >= 0.3 is 0 Å². The topological polar surface area (TPSA) is 49.0 Å². The highest BCUT2D eigenvalue weighted by Gasteiger charge is 2.31. The highest BCUT2D eigenvalue weighted by atomic mass is 32.1. The highest BCUT2D eigenvalue weighted by Crippen LogP contribution is 2.34. The highest BCUT2D eigenvalue weighted by molar-refractivity contribution is 7.09. The summed E-state index contributed by atoms with van der Waals surface area (Å²) in [6, 6.07) is 4.25. The zero-order valence-electron chi connectivity index (χ0n) is 12.8. The Hall–Kier alpha value is -1.92. The van der Waals surface area contributed by atoms with Crippen molar-refractivity contribution >= 4 is 28.6 Å². The SMILES string of the molecule is Cc1nc(-c2c[nH]c(C(=O)N3CCCC3c3ccsc3)c2)cs1. The molecule has 1 aliphatic heterocycles. The van der Waals surface area contributed by atoms with Gasteiger partial charge in [0.05, 0.1) is 16.7 Å². The van der Waals surface area contributed by atoms with Crippen LogP contribution in [0.15, 0.2) is 34.5 Å². The molecular weight excluding hydrogens is 326 g/mol. The Labute approximate surface area is 142 Å². The Morgan fingerprint density at radius 2 is 2.35 bits per heavy atom. The fourth-order valence-corrected chi connectivity index (χ4v) is 4.47. The van der Waals surface area contributed by atoms with Gasteiger partial charge < -0.3 is 9.88 Å². The molecule has 0 aliphatic carbocycles. The lowest BCUT2D eigenvalue weighted by molar-refractivity contribution is 0.0730. The molecule has 6 heteroatoms. The standard InChI is InChI=1S/C17H17N3OS2/c1-11-19-15(10-23-11)13-7-14(18-8-13)17(21)20-5-2-3-16(20)12-4-6-22-9-12/h4,6-10,16,18H,2-3,5H2,1H3. The van der Waals surface area contributed by atoms with Crippen LogP contribution in [0.4, 0.5) is 0 Å². The van der Waals surface area contributed by atoms with Crippen molar-refractivity contribution in [3.63, 3.8) is 0 Å². The molecule has 4 rings (SSSR count). The molecule has 0 bridgehead atoms. The first kappa shape index (κ1) is 14.7. The first-order chi connectivity index (χ1) is 11.2. The molecule has 118 valence electrons. The Kier molecular flexibility index (Phi) is 3.79. The normalized spacial score (nSPS) is 17.8. The van der Waals surface area contributed by atoms with Crippen LogP contribution in [-0.2, 0) is 0 Å². The van der Waals surface area contributed by atoms with Gasteiger partial charge in [0, 0.05) is 23.7 Å². The van der Waals surface area contributed by atoms with Crippen LogP contribution in [0, 0.1) is 6.92 Å². The quantitative estimate of drug-likeness (QED) is 0.762. The number of rotatable bonds is 3. The predicted molar refractivity (Wildman–Crippen MR) is 94.0 cm³/mol. The molecule has 1 aliphatic rings. The molecule has 3 aromatic rings. The fraction of sp³-hybridized carbons (Fsp3) is 0.294. The van der Waals surface area contributed by atoms with Gasteiger partial charge in [0.25, 0.3) is 5.91 Å². The Morgan fingerprint density at radius 3 is 3.09 bits per heavy atom. The number of aryl methyl sites for hydroxylation is 1. The summed E-state index contributed by atoms with van der Waals surface area (Å²) in [5, 5.41) is 7.28. The van der Waals surface area contributed by atoms with Gasteiger partial charge in [-0.1, -0.05) is 0 Å². The Morgan fingerprint density at radius 1 is 1.43 bits per heavy atom. The molecule has 4 nitrogen and oxygen atoms in total. The minimum atomic E-state index is 0.0805. The van der Waals surface area contributed by atoms with Gasteiger partial charge in [0.1, 0.15) is 5.69 Å². The van der Waals surface area contributed by atoms with Crippen molar-refractivity contribution < 1.29 is 4.79 Å². The molecule has 1 unspecified atom stereocenters. The molecule has 1 atom stereocenters. The molecule has 23 heavy (non-hydrogen) atoms. The van der Waals surface area contributed by atoms with E-state index in [1.54, 1.807) is 22.7 Å². The lowest BCUT2D eigenvalue weighted by Gasteiger charge is -2.23. The second-order valence-electron chi connectivity index (χ2n) is 5.77. The zero-order chi connectivity index (χ0) is 15.8. The maximum atomic E-state index is 12.9. The molecule has 0 radical (unpaired) electrons. The molecule has 1 amide bonds. The van der Waals surface area contributed by atoms with Crippen LogP contribution in [-0.4, -0.2) is 27.3 Å². The number of hydrogen-bond acceptors (Lipinski definition) is 4. The minimum Gasteiger partial charge on any atom is -0.357 e. The van der Waals surface area contributed by atoms with Crippen LogP contribution in [0.5, 0.6) is 0 Å². The van der Waals surface area contributed by atoms with Crippen LogP contribution in [0.1, 0.15) is 39.9 Å². The van der Waals surface area contributed by atoms with Gasteiger partial charge in [-0.15, -0.1) is 11.3 Å². The molecule has 1 saturated heterocycles. The summed E-state index contributed by atoms with van der Waals surface area (Å²) in [7, 11) is 0. The van der Waals surface area contributed by atoms with Crippen LogP contribution in [0.2, 0.25) is 0 Å². The maximum Gasteiger partial charge on any atom is 0.270 e. The van der Waals surface area contributed by atoms with Gasteiger partial charge in [0.15, 0.2) is 0 Å². The summed E-state index contributed by atoms with van der Waals surface area (Å²) < 4.78 is 0. The minimum absolute atomic E-state index is 0.0805. The molecule has 0 saturated carbocycles. The summed E-state index contributed by atoms with van der Waals surface area (Å²) in [5.74, 6) is 0.0805. The monoisotopic (exact) mass is 343 g/mol. The first-order valence-corrected chi connectivity index (χ1v) is 9.48. The number of carbonyl (C=O) groups excluding carboxylic acids is 1. The number of thiazole rings is 1. The van der Waals surface area contributed by atoms with E-state index in [9.17, 15) is 4.79 Å². The van der Waals surface area contributed by atoms with E-state index in [-0.39, 0.29) is 11.9 Å². The molecule has 0 aromatic carbocycles. The first-order valence-electron chi connectivity index (χ1n) is 7.66. The number of aromatic nitrogens is 2. The number of carbonyl (C=O) groups is 1. The third-order valence-electron chi connectivity index (χ3n) is 4.27. The lowest BCUT2D eigenvalue weighted by Crippen LogP contribution is -2.30. The third kappa shape index (κ3) is 2.72. The van der Waals surface area contributed by atoms with Crippen LogP contribution < -0.4 is 0 Å². The number of aromatic amines is 1. The lowest BCUT2D eigenvalue weighted by atomic mass is 10.1. The van der Waals surface area contributed by atoms with Gasteiger partial charge in [-0.25, -0.2) is 4.98 Å². The number of thiophene rings is 1. The smallest absolute Gasteiger partial charge is 0.270 e. The van der Waals surface area contributed by atoms with E-state index in [4.69, 9.17) is 0 Å². The summed E-state index contributed by atoms with van der Waals surface area (Å²) in [5.41, 5.74) is 3.80. The van der Waals surface area contributed by atoms with Crippen molar-refractivity contribution in [1.82, 2.24) is 14.9 Å². The average molecular weight is 343 g/mol. The molecule has 3 aromatic heterocycles. The predicted octanol–water partition coefficient (Wildman–Crippen LogP) is 4.49. The number of nitrogens with one attached hydrogen (secondary N) is 1. The Balaban J connectivity index is 1.58. The molecule has 4 heterocycles. The van der Waals surface area contributed by atoms with Crippen molar-refractivity contribution in [2.24, 2.45) is 0 Å². The van der Waals surface area contributed by atoms with E-state index >= 15 is 0 Å². The number of hydrogen-bond donors (Lipinski definition) is 1. The third-order valence-corrected chi connectivity index (χ3v) is 5.74. The van der Waals surface area contributed by atoms with E-state index in [0.717, 1.165) is 35.7 Å². The number of likely N-dealkylation sites (tertiary alicyclic amines) is 1. The van der Waals surface area contributed by atoms with E-state index in [0.29, 0.717) is 5.69 Å². The second-order valence-corrected chi connectivity index (χ2v) is 7.61. The fourth-order valence-electron chi connectivity index (χ4n) is 3.14. The van der Waals surface area contributed by atoms with Gasteiger partial charge in [-0.3, -0.25) is 4.79 Å². The molecule has 0 spiro atoms. The van der Waals surface area contributed by atoms with Crippen molar-refractivity contribution in [1.29, 1.82) is 0 Å². The molecular formula is C17H17N3OS2. The summed E-state index contributed by atoms with van der Waals surface area (Å²) in [6.45, 7) is 2.81. The van der Waals surface area contributed by atoms with Crippen molar-refractivity contribution in [2.75, 3.05) is 6.54 Å². The van der Waals surface area contributed by atoms with Crippen molar-refractivity contribution in [3.8, 4) is 11.3 Å². The van der Waals surface area contributed by atoms with Gasteiger partial charge in [0.2, 0.25) is 0 Å². The summed E-state index contributed by atoms with van der Waals surface area (Å²) in [6.07, 6.45) is 3.98. The number of nitrogens with zero attached hydrogens (tertiary/aromatic N) is 2. The number of H-pyrrole nitrogens is 1. The van der Waals surface area contributed by atoms with E-state index in [1.807, 2.05) is 29.5 Å². The zero-order valence-corrected chi connectivity index (χ0v) is 14.4. The van der Waals surface area contributed by atoms with E-state index in [1.165, 1.54) is 5.56 Å². The molecule has 1 fully saturated rings. The van der Waals surface area contributed by atoms with Crippen LogP contribution in [0.25, 0.3) is 11.3 Å². The second kappa shape index (κ2) is 5.94. The maximum absolute atomic E-state index is 12.9. The molecule has 1 N–H and O–H groups in total. The van der Waals surface area contributed by atoms with Gasteiger partial charge in [-0.05, 0) is 48.2 Å². The van der Waals surface area contributed by atoms with E-state index in [2.05, 4.69) is 26.8 Å². The largest absolute Gasteiger partial charge is 0.357 e. The number of amides is 1. The van der Waals surface area contributed by atoms with Crippen molar-refractivity contribution in [2.45, 2.75) is 25.8 Å². The van der Waals surface area contributed by atoms with Crippen molar-refractivity contribution in [3.05, 3.63) is 50.7 Å². The van der Waals surface area contributed by atoms with E-state index < -0.39 is 0 Å². The van der Waals surface area contributed by atoms with Gasteiger partial charge in [-0.2, -0.15) is 11.3 Å². The Bertz CT molecular complexity index is 819.